The number of carbonyl (C=O) groups is 2. The molecule has 18 heavy (non-hydrogen) atoms. The van der Waals surface area contributed by atoms with Crippen molar-refractivity contribution in [3.05, 3.63) is 34.1 Å². The minimum Gasteiger partial charge on any atom is -0.278 e. The summed E-state index contributed by atoms with van der Waals surface area (Å²) in [5.74, 6) is -1.52. The van der Waals surface area contributed by atoms with Crippen molar-refractivity contribution < 1.29 is 14.0 Å². The van der Waals surface area contributed by atoms with Crippen LogP contribution >= 0.6 is 15.9 Å². The molecule has 1 aromatic rings. The van der Waals surface area contributed by atoms with E-state index in [9.17, 15) is 14.0 Å². The van der Waals surface area contributed by atoms with Crippen LogP contribution in [-0.4, -0.2) is 16.7 Å². The van der Waals surface area contributed by atoms with Crippen molar-refractivity contribution in [3.63, 3.8) is 0 Å². The molecular weight excluding hydrogens is 301 g/mol. The van der Waals surface area contributed by atoms with Crippen molar-refractivity contribution >= 4 is 27.7 Å². The molecule has 0 N–H and O–H groups in total. The largest absolute Gasteiger partial charge is 0.278 e. The van der Waals surface area contributed by atoms with Gasteiger partial charge in [-0.1, -0.05) is 29.8 Å². The number of hydrogen-bond donors (Lipinski definition) is 0. The fraction of sp³-hybridized carbons (Fsp3) is 0.385. The Balaban J connectivity index is 2.27. The van der Waals surface area contributed by atoms with Crippen LogP contribution < -0.4 is 0 Å². The summed E-state index contributed by atoms with van der Waals surface area (Å²) in [5, 5.41) is 0. The van der Waals surface area contributed by atoms with Crippen molar-refractivity contribution in [1.29, 1.82) is 0 Å². The predicted octanol–water partition coefficient (Wildman–Crippen LogP) is 2.73. The number of benzene rings is 1. The Morgan fingerprint density at radius 1 is 1.22 bits per heavy atom. The Morgan fingerprint density at radius 3 is 2.33 bits per heavy atom. The van der Waals surface area contributed by atoms with Crippen LogP contribution in [0.3, 0.4) is 0 Å². The standard InChI is InChI=1S/C13H13BrFNO2/c1-7-8(2)13(18)16(12(7)17)6-9-5-10(14)3-4-11(9)15/h3-5,7-8H,6H2,1-2H3. The van der Waals surface area contributed by atoms with Gasteiger partial charge < -0.3 is 0 Å². The predicted molar refractivity (Wildman–Crippen MR) is 68.0 cm³/mol. The average molecular weight is 314 g/mol. The fourth-order valence-electron chi connectivity index (χ4n) is 2.02. The molecule has 96 valence electrons. The summed E-state index contributed by atoms with van der Waals surface area (Å²) < 4.78 is 14.3. The second kappa shape index (κ2) is 4.80. The lowest BCUT2D eigenvalue weighted by Gasteiger charge is -2.15. The summed E-state index contributed by atoms with van der Waals surface area (Å²) in [6, 6.07) is 4.48. The molecule has 0 saturated carbocycles. The highest BCUT2D eigenvalue weighted by molar-refractivity contribution is 9.10. The van der Waals surface area contributed by atoms with Gasteiger partial charge in [0.15, 0.2) is 0 Å². The molecule has 2 atom stereocenters. The summed E-state index contributed by atoms with van der Waals surface area (Å²) in [6.07, 6.45) is 0. The van der Waals surface area contributed by atoms with Crippen molar-refractivity contribution in [2.75, 3.05) is 0 Å². The van der Waals surface area contributed by atoms with Gasteiger partial charge in [0.2, 0.25) is 11.8 Å². The molecule has 5 heteroatoms. The molecule has 1 saturated heterocycles. The Morgan fingerprint density at radius 2 is 1.78 bits per heavy atom. The van der Waals surface area contributed by atoms with E-state index in [1.807, 2.05) is 0 Å². The monoisotopic (exact) mass is 313 g/mol. The van der Waals surface area contributed by atoms with Crippen LogP contribution in [0.25, 0.3) is 0 Å². The zero-order valence-corrected chi connectivity index (χ0v) is 11.7. The normalized spacial score (nSPS) is 23.9. The van der Waals surface area contributed by atoms with Gasteiger partial charge in [0, 0.05) is 21.9 Å². The molecule has 1 aliphatic heterocycles. The second-order valence-corrected chi connectivity index (χ2v) is 5.49. The average Bonchev–Trinajstić information content (AvgIpc) is 2.51. The third-order valence-corrected chi connectivity index (χ3v) is 3.89. The van der Waals surface area contributed by atoms with Gasteiger partial charge in [0.25, 0.3) is 0 Å². The third-order valence-electron chi connectivity index (χ3n) is 3.40. The van der Waals surface area contributed by atoms with E-state index in [-0.39, 0.29) is 30.2 Å². The molecule has 0 spiro atoms. The summed E-state index contributed by atoms with van der Waals surface area (Å²) in [5.41, 5.74) is 0.340. The van der Waals surface area contributed by atoms with E-state index >= 15 is 0 Å². The Kier molecular flexibility index (Phi) is 3.52. The molecule has 1 heterocycles. The number of amides is 2. The molecular formula is C13H13BrFNO2. The lowest BCUT2D eigenvalue weighted by Crippen LogP contribution is -2.30. The summed E-state index contributed by atoms with van der Waals surface area (Å²) in [7, 11) is 0. The molecule has 1 fully saturated rings. The fourth-order valence-corrected chi connectivity index (χ4v) is 2.43. The second-order valence-electron chi connectivity index (χ2n) is 4.58. The molecule has 1 aromatic carbocycles. The van der Waals surface area contributed by atoms with E-state index in [0.717, 1.165) is 9.37 Å². The van der Waals surface area contributed by atoms with Gasteiger partial charge in [-0.3, -0.25) is 14.5 Å². The highest BCUT2D eigenvalue weighted by atomic mass is 79.9. The van der Waals surface area contributed by atoms with Crippen molar-refractivity contribution in [3.8, 4) is 0 Å². The van der Waals surface area contributed by atoms with Gasteiger partial charge in [0.05, 0.1) is 6.54 Å². The van der Waals surface area contributed by atoms with E-state index in [0.29, 0.717) is 5.56 Å². The number of hydrogen-bond acceptors (Lipinski definition) is 2. The summed E-state index contributed by atoms with van der Waals surface area (Å²) in [4.78, 5) is 24.9. The molecule has 2 rings (SSSR count). The van der Waals surface area contributed by atoms with Crippen LogP contribution in [0.1, 0.15) is 19.4 Å². The van der Waals surface area contributed by atoms with Gasteiger partial charge in [0.1, 0.15) is 5.82 Å². The molecule has 0 aliphatic carbocycles. The van der Waals surface area contributed by atoms with Crippen LogP contribution in [-0.2, 0) is 16.1 Å². The lowest BCUT2D eigenvalue weighted by atomic mass is 10.00. The maximum absolute atomic E-state index is 13.6. The first-order chi connectivity index (χ1) is 8.41. The topological polar surface area (TPSA) is 37.4 Å². The lowest BCUT2D eigenvalue weighted by molar-refractivity contribution is -0.140. The van der Waals surface area contributed by atoms with Crippen LogP contribution in [0.15, 0.2) is 22.7 Å². The van der Waals surface area contributed by atoms with E-state index in [1.165, 1.54) is 6.07 Å². The number of nitrogens with zero attached hydrogens (tertiary/aromatic N) is 1. The minimum atomic E-state index is -0.411. The number of imide groups is 1. The molecule has 0 radical (unpaired) electrons. The quantitative estimate of drug-likeness (QED) is 0.787. The molecule has 1 aliphatic rings. The number of carbonyl (C=O) groups excluding carboxylic acids is 2. The van der Waals surface area contributed by atoms with Gasteiger partial charge >= 0.3 is 0 Å². The molecule has 0 aromatic heterocycles. The van der Waals surface area contributed by atoms with Gasteiger partial charge in [-0.25, -0.2) is 4.39 Å². The Hall–Kier alpha value is -1.23. The highest BCUT2D eigenvalue weighted by Crippen LogP contribution is 2.28. The van der Waals surface area contributed by atoms with Gasteiger partial charge in [-0.2, -0.15) is 0 Å². The highest BCUT2D eigenvalue weighted by Gasteiger charge is 2.42. The van der Waals surface area contributed by atoms with Crippen LogP contribution in [0.4, 0.5) is 4.39 Å². The number of halogens is 2. The molecule has 0 bridgehead atoms. The maximum atomic E-state index is 13.6. The molecule has 2 unspecified atom stereocenters. The van der Waals surface area contributed by atoms with Crippen molar-refractivity contribution in [2.24, 2.45) is 11.8 Å². The Labute approximate surface area is 113 Å². The minimum absolute atomic E-state index is 0.00236. The van der Waals surface area contributed by atoms with Gasteiger partial charge in [-0.15, -0.1) is 0 Å². The Bertz CT molecular complexity index is 498. The first-order valence-electron chi connectivity index (χ1n) is 5.71. The van der Waals surface area contributed by atoms with E-state index < -0.39 is 5.82 Å². The summed E-state index contributed by atoms with van der Waals surface area (Å²) in [6.45, 7) is 3.45. The maximum Gasteiger partial charge on any atom is 0.233 e. The zero-order valence-electron chi connectivity index (χ0n) is 10.1. The van der Waals surface area contributed by atoms with Crippen molar-refractivity contribution in [1.82, 2.24) is 4.90 Å². The van der Waals surface area contributed by atoms with Crippen LogP contribution in [0, 0.1) is 17.7 Å². The van der Waals surface area contributed by atoms with Crippen LogP contribution in [0.5, 0.6) is 0 Å². The third kappa shape index (κ3) is 2.19. The smallest absolute Gasteiger partial charge is 0.233 e. The van der Waals surface area contributed by atoms with Crippen molar-refractivity contribution in [2.45, 2.75) is 20.4 Å². The first kappa shape index (κ1) is 13.2. The first-order valence-corrected chi connectivity index (χ1v) is 6.50. The van der Waals surface area contributed by atoms with Crippen LogP contribution in [0.2, 0.25) is 0 Å². The van der Waals surface area contributed by atoms with E-state index in [4.69, 9.17) is 0 Å². The zero-order chi connectivity index (χ0) is 13.4. The van der Waals surface area contributed by atoms with E-state index in [1.54, 1.807) is 26.0 Å². The van der Waals surface area contributed by atoms with E-state index in [2.05, 4.69) is 15.9 Å². The SMILES string of the molecule is CC1C(=O)N(Cc2cc(Br)ccc2F)C(=O)C1C. The molecule has 2 amide bonds. The van der Waals surface area contributed by atoms with Gasteiger partial charge in [-0.05, 0) is 18.2 Å². The number of rotatable bonds is 2. The number of likely N-dealkylation sites (tertiary alicyclic amines) is 1. The summed E-state index contributed by atoms with van der Waals surface area (Å²) >= 11 is 3.24. The molecule has 3 nitrogen and oxygen atoms in total.